The molecule has 1 unspecified atom stereocenters. The third-order valence-electron chi connectivity index (χ3n) is 5.80. The first-order chi connectivity index (χ1) is 13.2. The predicted octanol–water partition coefficient (Wildman–Crippen LogP) is 4.24. The van der Waals surface area contributed by atoms with Crippen LogP contribution in [0.25, 0.3) is 0 Å². The molecule has 2 aliphatic rings. The normalized spacial score (nSPS) is 26.0. The molecule has 5 nitrogen and oxygen atoms in total. The highest BCUT2D eigenvalue weighted by Crippen LogP contribution is 2.33. The monoisotopic (exact) mass is 398 g/mol. The molecular weight excluding hydrogens is 373 g/mol. The number of carbonyl (C=O) groups is 2. The Balaban J connectivity index is 1.58. The van der Waals surface area contributed by atoms with E-state index in [0.717, 1.165) is 18.9 Å². The van der Waals surface area contributed by atoms with Crippen molar-refractivity contribution in [2.45, 2.75) is 56.7 Å². The van der Waals surface area contributed by atoms with Gasteiger partial charge >= 0.3 is 18.2 Å². The van der Waals surface area contributed by atoms with Crippen molar-refractivity contribution in [1.82, 2.24) is 10.2 Å². The second-order valence-electron chi connectivity index (χ2n) is 7.74. The lowest BCUT2D eigenvalue weighted by Crippen LogP contribution is -2.49. The number of carboxylic acids is 1. The molecule has 1 aliphatic carbocycles. The average Bonchev–Trinajstić information content (AvgIpc) is 2.68. The molecule has 2 fully saturated rings. The minimum Gasteiger partial charge on any atom is -0.481 e. The van der Waals surface area contributed by atoms with Crippen LogP contribution in [0.2, 0.25) is 0 Å². The van der Waals surface area contributed by atoms with Crippen LogP contribution in [-0.4, -0.2) is 41.1 Å². The number of carboxylic acid groups (broad SMARTS) is 1. The maximum Gasteiger partial charge on any atom is 0.416 e. The number of aliphatic carboxylic acids is 1. The molecule has 0 aromatic heterocycles. The number of amides is 2. The number of piperidine rings is 1. The summed E-state index contributed by atoms with van der Waals surface area (Å²) in [5.41, 5.74) is -0.0592. The number of likely N-dealkylation sites (tertiary alicyclic amines) is 1. The third kappa shape index (κ3) is 4.97. The highest BCUT2D eigenvalue weighted by molar-refractivity contribution is 5.75. The summed E-state index contributed by atoms with van der Waals surface area (Å²) in [5.74, 6) is -1.25. The minimum absolute atomic E-state index is 0.0444. The Bertz CT molecular complexity index is 715. The van der Waals surface area contributed by atoms with Crippen LogP contribution in [0, 0.1) is 5.92 Å². The van der Waals surface area contributed by atoms with Crippen molar-refractivity contribution in [2.75, 3.05) is 13.1 Å². The van der Waals surface area contributed by atoms with E-state index in [1.54, 1.807) is 11.0 Å². The van der Waals surface area contributed by atoms with E-state index in [0.29, 0.717) is 44.3 Å². The first kappa shape index (κ1) is 20.5. The number of alkyl halides is 3. The standard InChI is InChI=1S/C20H25F3N2O3/c21-20(22,23)16-5-1-3-14(11-16)15-4-2-10-25(12-15)19(28)24-17-8-6-13(7-9-17)18(26)27/h1,3,5,11,13,15,17H,2,4,6-10,12H2,(H,24,28)(H,26,27). The van der Waals surface area contributed by atoms with Gasteiger partial charge in [-0.15, -0.1) is 0 Å². The Hall–Kier alpha value is -2.25. The van der Waals surface area contributed by atoms with Crippen LogP contribution >= 0.6 is 0 Å². The molecule has 1 heterocycles. The van der Waals surface area contributed by atoms with Crippen molar-refractivity contribution in [2.24, 2.45) is 5.92 Å². The van der Waals surface area contributed by atoms with Crippen LogP contribution in [0.5, 0.6) is 0 Å². The smallest absolute Gasteiger partial charge is 0.416 e. The van der Waals surface area contributed by atoms with E-state index in [1.165, 1.54) is 12.1 Å². The molecule has 154 valence electrons. The van der Waals surface area contributed by atoms with Crippen molar-refractivity contribution < 1.29 is 27.9 Å². The first-order valence-corrected chi connectivity index (χ1v) is 9.69. The summed E-state index contributed by atoms with van der Waals surface area (Å²) in [6.07, 6.45) is -0.535. The summed E-state index contributed by atoms with van der Waals surface area (Å²) in [5, 5.41) is 12.0. The van der Waals surface area contributed by atoms with Gasteiger partial charge < -0.3 is 15.3 Å². The Morgan fingerprint density at radius 2 is 1.82 bits per heavy atom. The SMILES string of the molecule is O=C(O)C1CCC(NC(=O)N2CCCC(c3cccc(C(F)(F)F)c3)C2)CC1. The molecule has 3 rings (SSSR count). The van der Waals surface area contributed by atoms with Crippen molar-refractivity contribution in [3.05, 3.63) is 35.4 Å². The Kier molecular flexibility index (Phi) is 6.15. The van der Waals surface area contributed by atoms with Gasteiger partial charge in [0.25, 0.3) is 0 Å². The Morgan fingerprint density at radius 3 is 2.46 bits per heavy atom. The van der Waals surface area contributed by atoms with Crippen LogP contribution in [-0.2, 0) is 11.0 Å². The van der Waals surface area contributed by atoms with Gasteiger partial charge in [0.15, 0.2) is 0 Å². The fourth-order valence-electron chi connectivity index (χ4n) is 4.15. The number of hydrogen-bond donors (Lipinski definition) is 2. The molecule has 1 aromatic rings. The molecular formula is C20H25F3N2O3. The number of nitrogens with zero attached hydrogens (tertiary/aromatic N) is 1. The summed E-state index contributed by atoms with van der Waals surface area (Å²) in [6, 6.07) is 5.09. The van der Waals surface area contributed by atoms with Gasteiger partial charge in [0.1, 0.15) is 0 Å². The first-order valence-electron chi connectivity index (χ1n) is 9.69. The zero-order valence-electron chi connectivity index (χ0n) is 15.5. The number of urea groups is 1. The lowest BCUT2D eigenvalue weighted by molar-refractivity contribution is -0.143. The van der Waals surface area contributed by atoms with Gasteiger partial charge in [0, 0.05) is 25.0 Å². The van der Waals surface area contributed by atoms with Gasteiger partial charge in [-0.3, -0.25) is 4.79 Å². The molecule has 0 bridgehead atoms. The Labute approximate surface area is 161 Å². The second-order valence-corrected chi connectivity index (χ2v) is 7.74. The van der Waals surface area contributed by atoms with Crippen molar-refractivity contribution >= 4 is 12.0 Å². The summed E-state index contributed by atoms with van der Waals surface area (Å²) in [7, 11) is 0. The molecule has 2 amide bonds. The van der Waals surface area contributed by atoms with Crippen molar-refractivity contribution in [3.8, 4) is 0 Å². The van der Waals surface area contributed by atoms with Crippen LogP contribution < -0.4 is 5.32 Å². The maximum atomic E-state index is 13.0. The molecule has 1 aliphatic heterocycles. The largest absolute Gasteiger partial charge is 0.481 e. The van der Waals surface area contributed by atoms with Crippen LogP contribution in [0.4, 0.5) is 18.0 Å². The third-order valence-corrected chi connectivity index (χ3v) is 5.80. The number of carbonyl (C=O) groups excluding carboxylic acids is 1. The molecule has 1 aromatic carbocycles. The quantitative estimate of drug-likeness (QED) is 0.800. The van der Waals surface area contributed by atoms with E-state index in [9.17, 15) is 22.8 Å². The van der Waals surface area contributed by atoms with Gasteiger partial charge in [0.05, 0.1) is 11.5 Å². The van der Waals surface area contributed by atoms with Crippen molar-refractivity contribution in [1.29, 1.82) is 0 Å². The zero-order valence-corrected chi connectivity index (χ0v) is 15.5. The van der Waals surface area contributed by atoms with E-state index in [2.05, 4.69) is 5.32 Å². The molecule has 28 heavy (non-hydrogen) atoms. The highest BCUT2D eigenvalue weighted by Gasteiger charge is 2.33. The molecule has 2 N–H and O–H groups in total. The predicted molar refractivity (Wildman–Crippen MR) is 96.9 cm³/mol. The van der Waals surface area contributed by atoms with Crippen LogP contribution in [0.1, 0.15) is 55.6 Å². The van der Waals surface area contributed by atoms with E-state index in [-0.39, 0.29) is 23.9 Å². The molecule has 0 radical (unpaired) electrons. The topological polar surface area (TPSA) is 69.6 Å². The molecule has 1 saturated heterocycles. The van der Waals surface area contributed by atoms with E-state index < -0.39 is 17.7 Å². The fourth-order valence-corrected chi connectivity index (χ4v) is 4.15. The fraction of sp³-hybridized carbons (Fsp3) is 0.600. The second kappa shape index (κ2) is 8.41. The molecule has 8 heteroatoms. The summed E-state index contributed by atoms with van der Waals surface area (Å²) in [4.78, 5) is 25.3. The Morgan fingerprint density at radius 1 is 1.11 bits per heavy atom. The summed E-state index contributed by atoms with van der Waals surface area (Å²) in [6.45, 7) is 0.962. The minimum atomic E-state index is -4.38. The van der Waals surface area contributed by atoms with Gasteiger partial charge in [-0.25, -0.2) is 4.79 Å². The summed E-state index contributed by atoms with van der Waals surface area (Å²) >= 11 is 0. The highest BCUT2D eigenvalue weighted by atomic mass is 19.4. The summed E-state index contributed by atoms with van der Waals surface area (Å²) < 4.78 is 38.9. The lowest BCUT2D eigenvalue weighted by atomic mass is 9.86. The number of rotatable bonds is 3. The number of halogens is 3. The average molecular weight is 398 g/mol. The van der Waals surface area contributed by atoms with Gasteiger partial charge in [-0.2, -0.15) is 13.2 Å². The van der Waals surface area contributed by atoms with Gasteiger partial charge in [0.2, 0.25) is 0 Å². The van der Waals surface area contributed by atoms with E-state index in [4.69, 9.17) is 5.11 Å². The van der Waals surface area contributed by atoms with Crippen molar-refractivity contribution in [3.63, 3.8) is 0 Å². The van der Waals surface area contributed by atoms with E-state index in [1.807, 2.05) is 0 Å². The van der Waals surface area contributed by atoms with Crippen LogP contribution in [0.3, 0.4) is 0 Å². The van der Waals surface area contributed by atoms with Gasteiger partial charge in [-0.05, 0) is 50.2 Å². The maximum absolute atomic E-state index is 13.0. The number of hydrogen-bond acceptors (Lipinski definition) is 2. The number of nitrogens with one attached hydrogen (secondary N) is 1. The molecule has 1 atom stereocenters. The van der Waals surface area contributed by atoms with Crippen LogP contribution in [0.15, 0.2) is 24.3 Å². The zero-order chi connectivity index (χ0) is 20.3. The van der Waals surface area contributed by atoms with E-state index >= 15 is 0 Å². The molecule has 1 saturated carbocycles. The van der Waals surface area contributed by atoms with Gasteiger partial charge in [-0.1, -0.05) is 18.2 Å². The molecule has 0 spiro atoms. The lowest BCUT2D eigenvalue weighted by Gasteiger charge is -2.35. The number of benzene rings is 1.